The minimum absolute atomic E-state index is 0.00611. The van der Waals surface area contributed by atoms with Crippen LogP contribution in [0.3, 0.4) is 0 Å². The highest BCUT2D eigenvalue weighted by Crippen LogP contribution is 2.27. The number of sulfonamides is 1. The quantitative estimate of drug-likeness (QED) is 0.157. The number of amides is 2. The second-order valence-electron chi connectivity index (χ2n) is 12.4. The normalized spacial score (nSPS) is 14.1. The molecule has 0 aliphatic heterocycles. The molecule has 1 aliphatic carbocycles. The molecule has 1 aliphatic rings. The van der Waals surface area contributed by atoms with E-state index in [1.165, 1.54) is 29.2 Å². The summed E-state index contributed by atoms with van der Waals surface area (Å²) in [6.07, 6.45) is 5.15. The second-order valence-corrected chi connectivity index (χ2v) is 14.3. The Hall–Kier alpha value is -4.70. The summed E-state index contributed by atoms with van der Waals surface area (Å²) in [5.74, 6) is -0.891. The number of hydrogen-bond acceptors (Lipinski definition) is 5. The van der Waals surface area contributed by atoms with Crippen molar-refractivity contribution < 1.29 is 27.1 Å². The van der Waals surface area contributed by atoms with Crippen LogP contribution in [0.2, 0.25) is 0 Å². The Kier molecular flexibility index (Phi) is 12.1. The van der Waals surface area contributed by atoms with Crippen molar-refractivity contribution in [3.05, 3.63) is 126 Å². The molecule has 1 atom stereocenters. The third-order valence-corrected chi connectivity index (χ3v) is 10.6. The average molecular weight is 686 g/mol. The van der Waals surface area contributed by atoms with E-state index < -0.39 is 34.3 Å². The van der Waals surface area contributed by atoms with E-state index in [-0.39, 0.29) is 35.5 Å². The Labute approximate surface area is 289 Å². The number of rotatable bonds is 14. The van der Waals surface area contributed by atoms with Gasteiger partial charge < -0.3 is 15.0 Å². The van der Waals surface area contributed by atoms with E-state index in [1.54, 1.807) is 12.1 Å². The fourth-order valence-electron chi connectivity index (χ4n) is 6.13. The number of nitrogens with zero attached hydrogens (tertiary/aromatic N) is 2. The minimum Gasteiger partial charge on any atom is -0.494 e. The van der Waals surface area contributed by atoms with E-state index in [4.69, 9.17) is 4.74 Å². The topological polar surface area (TPSA) is 96.0 Å². The zero-order valence-electron chi connectivity index (χ0n) is 28.1. The van der Waals surface area contributed by atoms with Crippen LogP contribution in [-0.2, 0) is 32.6 Å². The van der Waals surface area contributed by atoms with Crippen molar-refractivity contribution in [2.75, 3.05) is 17.5 Å². The number of anilines is 1. The first-order valence-electron chi connectivity index (χ1n) is 16.8. The Bertz CT molecular complexity index is 1780. The molecule has 1 saturated carbocycles. The number of nitrogens with one attached hydrogen (secondary N) is 1. The second kappa shape index (κ2) is 16.6. The van der Waals surface area contributed by atoms with Crippen LogP contribution in [0.15, 0.2) is 108 Å². The van der Waals surface area contributed by atoms with Gasteiger partial charge in [-0.25, -0.2) is 12.8 Å². The van der Waals surface area contributed by atoms with Crippen LogP contribution in [0, 0.1) is 12.7 Å². The highest BCUT2D eigenvalue weighted by Gasteiger charge is 2.35. The molecule has 0 radical (unpaired) electrons. The molecule has 0 aromatic heterocycles. The molecule has 1 unspecified atom stereocenters. The summed E-state index contributed by atoms with van der Waals surface area (Å²) in [5.41, 5.74) is 2.82. The molecule has 1 fully saturated rings. The molecule has 0 spiro atoms. The number of hydrogen-bond donors (Lipinski definition) is 1. The van der Waals surface area contributed by atoms with Gasteiger partial charge in [-0.3, -0.25) is 13.9 Å². The molecule has 10 heteroatoms. The lowest BCUT2D eigenvalue weighted by Crippen LogP contribution is -2.55. The third kappa shape index (κ3) is 9.47. The zero-order chi connectivity index (χ0) is 34.8. The first-order chi connectivity index (χ1) is 23.6. The van der Waals surface area contributed by atoms with Crippen molar-refractivity contribution in [2.45, 2.75) is 75.9 Å². The van der Waals surface area contributed by atoms with Crippen molar-refractivity contribution in [1.82, 2.24) is 10.2 Å². The predicted molar refractivity (Wildman–Crippen MR) is 189 cm³/mol. The van der Waals surface area contributed by atoms with Gasteiger partial charge in [0.15, 0.2) is 0 Å². The van der Waals surface area contributed by atoms with Crippen LogP contribution in [0.4, 0.5) is 10.1 Å². The summed E-state index contributed by atoms with van der Waals surface area (Å²) in [7, 11) is -4.33. The van der Waals surface area contributed by atoms with E-state index >= 15 is 0 Å². The van der Waals surface area contributed by atoms with E-state index in [0.29, 0.717) is 12.4 Å². The van der Waals surface area contributed by atoms with Gasteiger partial charge in [-0.2, -0.15) is 0 Å². The molecule has 4 aromatic carbocycles. The smallest absolute Gasteiger partial charge is 0.264 e. The molecule has 49 heavy (non-hydrogen) atoms. The lowest BCUT2D eigenvalue weighted by Gasteiger charge is -2.35. The number of carbonyl (C=O) groups is 2. The van der Waals surface area contributed by atoms with Gasteiger partial charge in [-0.05, 0) is 86.3 Å². The van der Waals surface area contributed by atoms with Crippen molar-refractivity contribution in [3.8, 4) is 5.75 Å². The van der Waals surface area contributed by atoms with E-state index in [0.717, 1.165) is 65.2 Å². The number of carbonyl (C=O) groups excluding carboxylic acids is 2. The van der Waals surface area contributed by atoms with Gasteiger partial charge in [0.2, 0.25) is 11.8 Å². The molecular weight excluding hydrogens is 642 g/mol. The van der Waals surface area contributed by atoms with Gasteiger partial charge in [0.05, 0.1) is 17.2 Å². The van der Waals surface area contributed by atoms with Gasteiger partial charge >= 0.3 is 0 Å². The maximum atomic E-state index is 14.7. The van der Waals surface area contributed by atoms with E-state index in [2.05, 4.69) is 5.32 Å². The molecule has 8 nitrogen and oxygen atoms in total. The Morgan fingerprint density at radius 1 is 0.857 bits per heavy atom. The summed E-state index contributed by atoms with van der Waals surface area (Å²) in [6.45, 7) is 3.67. The van der Waals surface area contributed by atoms with Crippen LogP contribution < -0.4 is 14.4 Å². The lowest BCUT2D eigenvalue weighted by atomic mass is 9.94. The number of ether oxygens (including phenoxy) is 1. The van der Waals surface area contributed by atoms with Crippen LogP contribution in [0.25, 0.3) is 0 Å². The largest absolute Gasteiger partial charge is 0.494 e. The standard InChI is InChI=1S/C39H44FN3O5S/c1-3-48-35-22-24-36(25-23-35)49(46,47)43(34-20-18-32(40)19-21-34)28-38(44)42(27-31-16-14-29(2)15-17-31)37(26-30-10-6-4-7-11-30)39(45)41-33-12-8-5-9-13-33/h4,6-7,10-11,14-25,33,37H,3,5,8-9,12-13,26-28H2,1-2H3,(H,41,45). The SMILES string of the molecule is CCOc1ccc(S(=O)(=O)N(CC(=O)N(Cc2ccc(C)cc2)C(Cc2ccccc2)C(=O)NC2CCCCC2)c2ccc(F)cc2)cc1. The molecule has 5 rings (SSSR count). The van der Waals surface area contributed by atoms with Gasteiger partial charge in [-0.15, -0.1) is 0 Å². The van der Waals surface area contributed by atoms with Crippen LogP contribution >= 0.6 is 0 Å². The van der Waals surface area contributed by atoms with E-state index in [9.17, 15) is 22.4 Å². The molecule has 4 aromatic rings. The summed E-state index contributed by atoms with van der Waals surface area (Å²) in [5, 5.41) is 3.21. The summed E-state index contributed by atoms with van der Waals surface area (Å²) in [4.78, 5) is 30.3. The van der Waals surface area contributed by atoms with E-state index in [1.807, 2.05) is 68.4 Å². The van der Waals surface area contributed by atoms with Crippen molar-refractivity contribution >= 4 is 27.5 Å². The fourth-order valence-corrected chi connectivity index (χ4v) is 7.54. The summed E-state index contributed by atoms with van der Waals surface area (Å²) >= 11 is 0. The average Bonchev–Trinajstić information content (AvgIpc) is 3.11. The predicted octanol–water partition coefficient (Wildman–Crippen LogP) is 6.82. The van der Waals surface area contributed by atoms with Crippen LogP contribution in [-0.4, -0.2) is 50.4 Å². The fraction of sp³-hybridized carbons (Fsp3) is 0.333. The molecule has 0 bridgehead atoms. The number of halogens is 1. The van der Waals surface area contributed by atoms with Crippen molar-refractivity contribution in [1.29, 1.82) is 0 Å². The molecule has 258 valence electrons. The Morgan fingerprint density at radius 2 is 1.51 bits per heavy atom. The third-order valence-electron chi connectivity index (χ3n) is 8.81. The maximum absolute atomic E-state index is 14.7. The minimum atomic E-state index is -4.33. The number of benzene rings is 4. The number of aryl methyl sites for hydroxylation is 1. The Morgan fingerprint density at radius 3 is 2.14 bits per heavy atom. The molecule has 2 amide bonds. The summed E-state index contributed by atoms with van der Waals surface area (Å²) < 4.78 is 49.0. The lowest BCUT2D eigenvalue weighted by molar-refractivity contribution is -0.140. The maximum Gasteiger partial charge on any atom is 0.264 e. The highest BCUT2D eigenvalue weighted by atomic mass is 32.2. The van der Waals surface area contributed by atoms with Gasteiger partial charge in [-0.1, -0.05) is 79.4 Å². The van der Waals surface area contributed by atoms with Crippen molar-refractivity contribution in [3.63, 3.8) is 0 Å². The van der Waals surface area contributed by atoms with Crippen LogP contribution in [0.1, 0.15) is 55.7 Å². The van der Waals surface area contributed by atoms with Gasteiger partial charge in [0.25, 0.3) is 10.0 Å². The van der Waals surface area contributed by atoms with Gasteiger partial charge in [0.1, 0.15) is 24.2 Å². The first-order valence-corrected chi connectivity index (χ1v) is 18.3. The van der Waals surface area contributed by atoms with Crippen molar-refractivity contribution in [2.24, 2.45) is 0 Å². The summed E-state index contributed by atoms with van der Waals surface area (Å²) in [6, 6.07) is 27.2. The molecule has 1 N–H and O–H groups in total. The molecule has 0 saturated heterocycles. The first kappa shape index (κ1) is 35.6. The molecular formula is C39H44FN3O5S. The zero-order valence-corrected chi connectivity index (χ0v) is 28.9. The van der Waals surface area contributed by atoms with Crippen LogP contribution in [0.5, 0.6) is 5.75 Å². The highest BCUT2D eigenvalue weighted by molar-refractivity contribution is 7.92. The Balaban J connectivity index is 1.55. The molecule has 0 heterocycles. The van der Waals surface area contributed by atoms with Gasteiger partial charge in [0, 0.05) is 19.0 Å². The monoisotopic (exact) mass is 685 g/mol.